The van der Waals surface area contributed by atoms with E-state index in [0.717, 1.165) is 11.3 Å². The molecule has 1 heterocycles. The second kappa shape index (κ2) is 5.23. The maximum atomic E-state index is 12.1. The Balaban J connectivity index is 2.05. The minimum atomic E-state index is -2.44. The molecular formula is C12H14F2N2O. The molecule has 2 N–H and O–H groups in total. The minimum absolute atomic E-state index is 0.240. The van der Waals surface area contributed by atoms with Crippen LogP contribution in [0.1, 0.15) is 12.0 Å². The number of benzene rings is 1. The smallest absolute Gasteiger partial charge is 0.250 e. The maximum Gasteiger partial charge on any atom is 0.250 e. The van der Waals surface area contributed by atoms with Gasteiger partial charge in [0.2, 0.25) is 5.91 Å². The van der Waals surface area contributed by atoms with Crippen LogP contribution in [0.25, 0.3) is 0 Å². The number of hydrogen-bond acceptors (Lipinski definition) is 2. The van der Waals surface area contributed by atoms with Crippen LogP contribution in [0.5, 0.6) is 0 Å². The van der Waals surface area contributed by atoms with Crippen LogP contribution in [-0.2, 0) is 11.2 Å². The van der Waals surface area contributed by atoms with Gasteiger partial charge in [-0.05, 0) is 24.5 Å². The topological polar surface area (TPSA) is 41.1 Å². The molecule has 3 nitrogen and oxygen atoms in total. The first kappa shape index (κ1) is 12.0. The predicted octanol–water partition coefficient (Wildman–Crippen LogP) is 1.79. The molecule has 1 aliphatic rings. The molecule has 92 valence electrons. The number of carbonyl (C=O) groups excluding carboxylic acids is 1. The van der Waals surface area contributed by atoms with Crippen LogP contribution >= 0.6 is 0 Å². The molecule has 1 unspecified atom stereocenters. The van der Waals surface area contributed by atoms with E-state index in [0.29, 0.717) is 12.8 Å². The fraction of sp³-hybridized carbons (Fsp3) is 0.417. The van der Waals surface area contributed by atoms with Crippen molar-refractivity contribution in [3.63, 3.8) is 0 Å². The van der Waals surface area contributed by atoms with Crippen molar-refractivity contribution in [3.05, 3.63) is 29.8 Å². The largest absolute Gasteiger partial charge is 0.324 e. The number of nitrogens with one attached hydrogen (secondary N) is 2. The average molecular weight is 240 g/mol. The van der Waals surface area contributed by atoms with Gasteiger partial charge in [0.05, 0.1) is 12.6 Å². The first-order valence-corrected chi connectivity index (χ1v) is 5.57. The van der Waals surface area contributed by atoms with Crippen molar-refractivity contribution in [2.45, 2.75) is 25.3 Å². The molecule has 17 heavy (non-hydrogen) atoms. The Bertz CT molecular complexity index is 409. The Labute approximate surface area is 98.2 Å². The number of fused-ring (bicyclic) bond motifs is 1. The molecule has 0 aromatic heterocycles. The summed E-state index contributed by atoms with van der Waals surface area (Å²) in [4.78, 5) is 11.8. The van der Waals surface area contributed by atoms with E-state index in [2.05, 4.69) is 10.6 Å². The van der Waals surface area contributed by atoms with Crippen LogP contribution in [0.2, 0.25) is 0 Å². The summed E-state index contributed by atoms with van der Waals surface area (Å²) in [7, 11) is 0. The Morgan fingerprint density at radius 3 is 2.94 bits per heavy atom. The number of carbonyl (C=O) groups is 1. The quantitative estimate of drug-likeness (QED) is 0.845. The molecule has 0 bridgehead atoms. The van der Waals surface area contributed by atoms with Crippen molar-refractivity contribution >= 4 is 11.6 Å². The number of para-hydroxylation sites is 1. The summed E-state index contributed by atoms with van der Waals surface area (Å²) in [6, 6.07) is 6.95. The van der Waals surface area contributed by atoms with Gasteiger partial charge in [0.15, 0.2) is 0 Å². The highest BCUT2D eigenvalue weighted by atomic mass is 19.3. The molecule has 0 fully saturated rings. The second-order valence-electron chi connectivity index (χ2n) is 4.04. The molecule has 1 atom stereocenters. The summed E-state index contributed by atoms with van der Waals surface area (Å²) < 4.78 is 24.2. The van der Waals surface area contributed by atoms with Crippen molar-refractivity contribution < 1.29 is 13.6 Å². The first-order valence-electron chi connectivity index (χ1n) is 5.57. The first-order chi connectivity index (χ1) is 8.16. The van der Waals surface area contributed by atoms with Gasteiger partial charge in [-0.15, -0.1) is 0 Å². The summed E-state index contributed by atoms with van der Waals surface area (Å²) in [5.41, 5.74) is 1.82. The molecule has 1 aromatic carbocycles. The van der Waals surface area contributed by atoms with E-state index in [4.69, 9.17) is 0 Å². The van der Waals surface area contributed by atoms with Crippen molar-refractivity contribution in [1.82, 2.24) is 5.32 Å². The molecule has 2 rings (SSSR count). The van der Waals surface area contributed by atoms with Crippen LogP contribution in [0.15, 0.2) is 24.3 Å². The van der Waals surface area contributed by atoms with Crippen LogP contribution in [0, 0.1) is 0 Å². The third-order valence-corrected chi connectivity index (χ3v) is 2.81. The van der Waals surface area contributed by atoms with Gasteiger partial charge in [-0.2, -0.15) is 0 Å². The van der Waals surface area contributed by atoms with Crippen LogP contribution in [-0.4, -0.2) is 24.9 Å². The number of alkyl halides is 2. The molecule has 0 saturated heterocycles. The van der Waals surface area contributed by atoms with Crippen LogP contribution in [0.3, 0.4) is 0 Å². The van der Waals surface area contributed by atoms with Crippen molar-refractivity contribution in [2.75, 3.05) is 11.9 Å². The zero-order valence-electron chi connectivity index (χ0n) is 9.25. The van der Waals surface area contributed by atoms with Crippen molar-refractivity contribution in [1.29, 1.82) is 0 Å². The normalized spacial score (nSPS) is 19.7. The maximum absolute atomic E-state index is 12.1. The lowest BCUT2D eigenvalue weighted by molar-refractivity contribution is -0.118. The number of hydrogen-bond donors (Lipinski definition) is 2. The third-order valence-electron chi connectivity index (χ3n) is 2.81. The molecular weight excluding hydrogens is 226 g/mol. The second-order valence-corrected chi connectivity index (χ2v) is 4.04. The number of amides is 1. The van der Waals surface area contributed by atoms with E-state index in [1.165, 1.54) is 0 Å². The number of anilines is 1. The number of aryl methyl sites for hydroxylation is 1. The van der Waals surface area contributed by atoms with Crippen molar-refractivity contribution in [2.24, 2.45) is 0 Å². The molecule has 0 spiro atoms. The van der Waals surface area contributed by atoms with Crippen molar-refractivity contribution in [3.8, 4) is 0 Å². The Kier molecular flexibility index (Phi) is 3.68. The van der Waals surface area contributed by atoms with Gasteiger partial charge in [-0.1, -0.05) is 18.2 Å². The summed E-state index contributed by atoms with van der Waals surface area (Å²) in [5.74, 6) is -0.240. The molecule has 0 aliphatic carbocycles. The summed E-state index contributed by atoms with van der Waals surface area (Å²) in [5, 5.41) is 5.33. The summed E-state index contributed by atoms with van der Waals surface area (Å²) in [6.07, 6.45) is -1.20. The fourth-order valence-electron chi connectivity index (χ4n) is 1.94. The average Bonchev–Trinajstić information content (AvgIpc) is 2.45. The van der Waals surface area contributed by atoms with Gasteiger partial charge in [0.1, 0.15) is 0 Å². The minimum Gasteiger partial charge on any atom is -0.324 e. The molecule has 0 radical (unpaired) electrons. The van der Waals surface area contributed by atoms with E-state index in [1.807, 2.05) is 24.3 Å². The summed E-state index contributed by atoms with van der Waals surface area (Å²) >= 11 is 0. The molecule has 1 aromatic rings. The SMILES string of the molecule is O=C1Nc2ccccc2CCC1NCC(F)F. The highest BCUT2D eigenvalue weighted by Gasteiger charge is 2.23. The van der Waals surface area contributed by atoms with E-state index in [-0.39, 0.29) is 5.91 Å². The lowest BCUT2D eigenvalue weighted by Gasteiger charge is -2.14. The molecule has 1 amide bonds. The fourth-order valence-corrected chi connectivity index (χ4v) is 1.94. The van der Waals surface area contributed by atoms with Gasteiger partial charge in [0, 0.05) is 5.69 Å². The Morgan fingerprint density at radius 2 is 2.18 bits per heavy atom. The molecule has 5 heteroatoms. The Hall–Kier alpha value is -1.49. The summed E-state index contributed by atoms with van der Waals surface area (Å²) in [6.45, 7) is -0.450. The molecule has 0 saturated carbocycles. The van der Waals surface area contributed by atoms with E-state index in [9.17, 15) is 13.6 Å². The van der Waals surface area contributed by atoms with E-state index in [1.54, 1.807) is 0 Å². The number of halogens is 2. The van der Waals surface area contributed by atoms with Crippen LogP contribution in [0.4, 0.5) is 14.5 Å². The highest BCUT2D eigenvalue weighted by molar-refractivity contribution is 5.96. The zero-order chi connectivity index (χ0) is 12.3. The van der Waals surface area contributed by atoms with E-state index < -0.39 is 19.0 Å². The standard InChI is InChI=1S/C12H14F2N2O/c13-11(14)7-15-10-6-5-8-3-1-2-4-9(8)16-12(10)17/h1-4,10-11,15H,5-7H2,(H,16,17). The van der Waals surface area contributed by atoms with Gasteiger partial charge >= 0.3 is 0 Å². The van der Waals surface area contributed by atoms with E-state index >= 15 is 0 Å². The van der Waals surface area contributed by atoms with Gasteiger partial charge < -0.3 is 10.6 Å². The lowest BCUT2D eigenvalue weighted by Crippen LogP contribution is -2.41. The predicted molar refractivity (Wildman–Crippen MR) is 61.2 cm³/mol. The Morgan fingerprint density at radius 1 is 1.41 bits per heavy atom. The zero-order valence-corrected chi connectivity index (χ0v) is 9.25. The highest BCUT2D eigenvalue weighted by Crippen LogP contribution is 2.21. The number of rotatable bonds is 3. The van der Waals surface area contributed by atoms with Gasteiger partial charge in [0.25, 0.3) is 6.43 Å². The van der Waals surface area contributed by atoms with Gasteiger partial charge in [-0.25, -0.2) is 8.78 Å². The van der Waals surface area contributed by atoms with Crippen LogP contribution < -0.4 is 10.6 Å². The monoisotopic (exact) mass is 240 g/mol. The van der Waals surface area contributed by atoms with Gasteiger partial charge in [-0.3, -0.25) is 4.79 Å². The third kappa shape index (κ3) is 3.00. The molecule has 1 aliphatic heterocycles. The lowest BCUT2D eigenvalue weighted by atomic mass is 10.1.